The lowest BCUT2D eigenvalue weighted by atomic mass is 9.78. The fourth-order valence-electron chi connectivity index (χ4n) is 4.68. The third-order valence-electron chi connectivity index (χ3n) is 6.43. The highest BCUT2D eigenvalue weighted by atomic mass is 16.6. The highest BCUT2D eigenvalue weighted by Gasteiger charge is 2.63. The smallest absolute Gasteiger partial charge is 0.407 e. The van der Waals surface area contributed by atoms with Crippen LogP contribution in [-0.4, -0.2) is 63.6 Å². The molecule has 38 heavy (non-hydrogen) atoms. The number of amides is 1. The van der Waals surface area contributed by atoms with Crippen LogP contribution in [-0.2, 0) is 50.1 Å². The summed E-state index contributed by atoms with van der Waals surface area (Å²) in [7, 11) is 3.57. The highest BCUT2D eigenvalue weighted by Crippen LogP contribution is 2.55. The molecule has 4 rings (SSSR count). The van der Waals surface area contributed by atoms with Gasteiger partial charge in [0.25, 0.3) is 0 Å². The summed E-state index contributed by atoms with van der Waals surface area (Å²) in [6, 6.07) is 16.8. The summed E-state index contributed by atoms with van der Waals surface area (Å²) >= 11 is 0. The number of benzene rings is 2. The first-order valence-electron chi connectivity index (χ1n) is 11.7. The van der Waals surface area contributed by atoms with Gasteiger partial charge in [-0.3, -0.25) is 0 Å². The molecule has 10 heteroatoms. The van der Waals surface area contributed by atoms with Gasteiger partial charge in [-0.2, -0.15) is 0 Å². The SMILES string of the molecule is COC(=O)C1=C(C(=O)OC)C2(c3ccccc3)C=CC1(COC(=O)NC(Cc1ccccc1)C(=O)OC)O2. The summed E-state index contributed by atoms with van der Waals surface area (Å²) in [4.78, 5) is 51.0. The molecule has 2 aromatic carbocycles. The average Bonchev–Trinajstić information content (AvgIpc) is 3.49. The molecule has 3 unspecified atom stereocenters. The Hall–Kier alpha value is -4.44. The van der Waals surface area contributed by atoms with Crippen molar-refractivity contribution in [2.45, 2.75) is 23.7 Å². The minimum atomic E-state index is -1.63. The predicted molar refractivity (Wildman–Crippen MR) is 133 cm³/mol. The van der Waals surface area contributed by atoms with Gasteiger partial charge in [-0.1, -0.05) is 60.7 Å². The first kappa shape index (κ1) is 26.6. The number of ether oxygens (including phenoxy) is 5. The number of esters is 3. The van der Waals surface area contributed by atoms with Gasteiger partial charge in [0.1, 0.15) is 18.2 Å². The standard InChI is InChI=1S/C28H27NO9/c1-34-23(30)20(16-18-10-6-4-7-11-18)29-26(33)37-17-27-14-15-28(38-27,19-12-8-5-9-13-19)22(25(32)36-3)21(27)24(31)35-2/h4-15,20H,16-17H2,1-3H3,(H,29,33). The van der Waals surface area contributed by atoms with E-state index in [1.165, 1.54) is 21.3 Å². The molecule has 198 valence electrons. The molecular formula is C28H27NO9. The van der Waals surface area contributed by atoms with Crippen LogP contribution in [0.2, 0.25) is 0 Å². The van der Waals surface area contributed by atoms with Crippen LogP contribution in [0.1, 0.15) is 11.1 Å². The van der Waals surface area contributed by atoms with Crippen molar-refractivity contribution >= 4 is 24.0 Å². The maximum Gasteiger partial charge on any atom is 0.407 e. The van der Waals surface area contributed by atoms with Crippen LogP contribution >= 0.6 is 0 Å². The molecule has 1 N–H and O–H groups in total. The molecule has 10 nitrogen and oxygen atoms in total. The van der Waals surface area contributed by atoms with Crippen molar-refractivity contribution in [1.29, 1.82) is 0 Å². The van der Waals surface area contributed by atoms with Crippen LogP contribution < -0.4 is 5.32 Å². The average molecular weight is 522 g/mol. The second-order valence-electron chi connectivity index (χ2n) is 8.65. The van der Waals surface area contributed by atoms with Crippen molar-refractivity contribution in [1.82, 2.24) is 5.32 Å². The van der Waals surface area contributed by atoms with Gasteiger partial charge in [-0.05, 0) is 23.3 Å². The van der Waals surface area contributed by atoms with E-state index in [-0.39, 0.29) is 17.6 Å². The van der Waals surface area contributed by atoms with E-state index in [2.05, 4.69) is 5.32 Å². The fraction of sp³-hybridized carbons (Fsp3) is 0.286. The number of nitrogens with one attached hydrogen (secondary N) is 1. The lowest BCUT2D eigenvalue weighted by Crippen LogP contribution is -2.45. The van der Waals surface area contributed by atoms with Gasteiger partial charge in [0.2, 0.25) is 0 Å². The Labute approximate surface area is 219 Å². The molecule has 0 aromatic heterocycles. The molecule has 0 fully saturated rings. The molecule has 2 aliphatic heterocycles. The lowest BCUT2D eigenvalue weighted by molar-refractivity contribution is -0.143. The Morgan fingerprint density at radius 1 is 0.816 bits per heavy atom. The zero-order chi connectivity index (χ0) is 27.3. The Morgan fingerprint density at radius 3 is 2.03 bits per heavy atom. The molecule has 0 aliphatic carbocycles. The van der Waals surface area contributed by atoms with Crippen molar-refractivity contribution < 1.29 is 42.9 Å². The van der Waals surface area contributed by atoms with Crippen LogP contribution in [0.25, 0.3) is 0 Å². The molecule has 0 saturated carbocycles. The second-order valence-corrected chi connectivity index (χ2v) is 8.65. The molecule has 2 heterocycles. The number of hydrogen-bond acceptors (Lipinski definition) is 9. The Balaban J connectivity index is 1.61. The number of alkyl carbamates (subject to hydrolysis) is 1. The highest BCUT2D eigenvalue weighted by molar-refractivity contribution is 6.06. The molecule has 2 aromatic rings. The molecule has 0 saturated heterocycles. The number of hydrogen-bond donors (Lipinski definition) is 1. The Kier molecular flexibility index (Phi) is 7.63. The van der Waals surface area contributed by atoms with Gasteiger partial charge in [-0.15, -0.1) is 0 Å². The van der Waals surface area contributed by atoms with E-state index < -0.39 is 47.9 Å². The van der Waals surface area contributed by atoms with Crippen LogP contribution in [0.5, 0.6) is 0 Å². The van der Waals surface area contributed by atoms with Crippen LogP contribution in [0.15, 0.2) is 84.0 Å². The van der Waals surface area contributed by atoms with Crippen molar-refractivity contribution in [3.8, 4) is 0 Å². The van der Waals surface area contributed by atoms with Crippen LogP contribution in [0.3, 0.4) is 0 Å². The first-order chi connectivity index (χ1) is 18.3. The maximum atomic E-state index is 12.9. The van der Waals surface area contributed by atoms with Crippen molar-refractivity contribution in [2.24, 2.45) is 0 Å². The largest absolute Gasteiger partial charge is 0.467 e. The first-order valence-corrected chi connectivity index (χ1v) is 11.7. The van der Waals surface area contributed by atoms with Crippen molar-refractivity contribution in [2.75, 3.05) is 27.9 Å². The maximum absolute atomic E-state index is 12.9. The summed E-state index contributed by atoms with van der Waals surface area (Å²) in [6.45, 7) is -0.492. The summed E-state index contributed by atoms with van der Waals surface area (Å²) in [5, 5.41) is 2.50. The van der Waals surface area contributed by atoms with E-state index in [4.69, 9.17) is 23.7 Å². The van der Waals surface area contributed by atoms with E-state index in [0.29, 0.717) is 5.56 Å². The number of fused-ring (bicyclic) bond motifs is 2. The molecule has 2 aliphatic rings. The van der Waals surface area contributed by atoms with E-state index in [1.807, 2.05) is 30.3 Å². The van der Waals surface area contributed by atoms with Gasteiger partial charge >= 0.3 is 24.0 Å². The van der Waals surface area contributed by atoms with Gasteiger partial charge in [-0.25, -0.2) is 19.2 Å². The summed E-state index contributed by atoms with van der Waals surface area (Å²) < 4.78 is 26.6. The number of rotatable bonds is 9. The van der Waals surface area contributed by atoms with Crippen molar-refractivity contribution in [3.63, 3.8) is 0 Å². The third-order valence-corrected chi connectivity index (χ3v) is 6.43. The van der Waals surface area contributed by atoms with Gasteiger partial charge < -0.3 is 29.0 Å². The van der Waals surface area contributed by atoms with Crippen LogP contribution in [0.4, 0.5) is 4.79 Å². The topological polar surface area (TPSA) is 126 Å². The van der Waals surface area contributed by atoms with E-state index >= 15 is 0 Å². The number of methoxy groups -OCH3 is 3. The van der Waals surface area contributed by atoms with Crippen molar-refractivity contribution in [3.05, 3.63) is 95.1 Å². The lowest BCUT2D eigenvalue weighted by Gasteiger charge is -2.27. The molecule has 0 spiro atoms. The molecule has 3 atom stereocenters. The second kappa shape index (κ2) is 10.9. The molecule has 1 amide bonds. The van der Waals surface area contributed by atoms with Gasteiger partial charge in [0.05, 0.1) is 32.5 Å². The quantitative estimate of drug-likeness (QED) is 0.301. The minimum Gasteiger partial charge on any atom is -0.467 e. The Bertz CT molecular complexity index is 1290. The summed E-state index contributed by atoms with van der Waals surface area (Å²) in [5.41, 5.74) is -1.94. The van der Waals surface area contributed by atoms with E-state index in [9.17, 15) is 19.2 Å². The monoisotopic (exact) mass is 521 g/mol. The fourth-order valence-corrected chi connectivity index (χ4v) is 4.68. The predicted octanol–water partition coefficient (Wildman–Crippen LogP) is 2.37. The van der Waals surface area contributed by atoms with Gasteiger partial charge in [0, 0.05) is 6.42 Å². The number of carbonyl (C=O) groups is 4. The molecule has 0 radical (unpaired) electrons. The Morgan fingerprint density at radius 2 is 1.42 bits per heavy atom. The normalized spacial score (nSPS) is 22.0. The zero-order valence-corrected chi connectivity index (χ0v) is 21.1. The zero-order valence-electron chi connectivity index (χ0n) is 21.1. The number of carbonyl (C=O) groups excluding carboxylic acids is 4. The summed E-state index contributed by atoms with van der Waals surface area (Å²) in [6.07, 6.45) is 2.39. The summed E-state index contributed by atoms with van der Waals surface area (Å²) in [5.74, 6) is -2.29. The van der Waals surface area contributed by atoms with Crippen LogP contribution in [0, 0.1) is 0 Å². The third kappa shape index (κ3) is 4.78. The van der Waals surface area contributed by atoms with E-state index in [0.717, 1.165) is 5.56 Å². The molecular weight excluding hydrogens is 494 g/mol. The van der Waals surface area contributed by atoms with E-state index in [1.54, 1.807) is 42.5 Å². The minimum absolute atomic E-state index is 0.0685. The molecule has 2 bridgehead atoms. The van der Waals surface area contributed by atoms with Gasteiger partial charge in [0.15, 0.2) is 5.60 Å².